The van der Waals surface area contributed by atoms with Gasteiger partial charge in [-0.2, -0.15) is 0 Å². The Balaban J connectivity index is 3.38. The Kier molecular flexibility index (Phi) is 80.3. The maximum atomic E-state index is 12.6. The molecule has 548 valence electrons. The lowest BCUT2D eigenvalue weighted by molar-refractivity contribution is -0.143. The highest BCUT2D eigenvalue weighted by molar-refractivity contribution is 5.76. The first-order valence-electron chi connectivity index (χ1n) is 42.4. The molecule has 0 fully saturated rings. The number of carbonyl (C=O) groups excluding carboxylic acids is 2. The van der Waals surface area contributed by atoms with Gasteiger partial charge in [0.15, 0.2) is 0 Å². The summed E-state index contributed by atoms with van der Waals surface area (Å²) in [6.45, 7) is 4.94. The minimum absolute atomic E-state index is 0.0114. The smallest absolute Gasteiger partial charge is 0.305 e. The molecule has 0 aromatic carbocycles. The maximum absolute atomic E-state index is 12.6. The van der Waals surface area contributed by atoms with E-state index < -0.39 is 12.1 Å². The van der Waals surface area contributed by atoms with Gasteiger partial charge >= 0.3 is 5.97 Å². The van der Waals surface area contributed by atoms with Gasteiger partial charge in [-0.25, -0.2) is 0 Å². The number of esters is 1. The van der Waals surface area contributed by atoms with Gasteiger partial charge in [0, 0.05) is 12.8 Å². The molecule has 2 atom stereocenters. The van der Waals surface area contributed by atoms with Gasteiger partial charge in [-0.1, -0.05) is 416 Å². The van der Waals surface area contributed by atoms with Gasteiger partial charge in [-0.15, -0.1) is 0 Å². The van der Waals surface area contributed by atoms with Crippen molar-refractivity contribution in [2.24, 2.45) is 0 Å². The van der Waals surface area contributed by atoms with Crippen molar-refractivity contribution in [3.8, 4) is 0 Å². The zero-order chi connectivity index (χ0) is 67.0. The molecule has 0 aromatic heterocycles. The SMILES string of the molecule is CCCCCC/C=C\CCCCCCCC(=O)OCCCCCCCCCCCCCCCCC/C=C\C/C=C\CCCCCCCCCCCCCCCCCCCC(=O)NC(CO)C(O)/C=C/CCCCCCCCCCCCCCCCCCCCCCCC. The second-order valence-corrected chi connectivity index (χ2v) is 29.2. The predicted octanol–water partition coefficient (Wildman–Crippen LogP) is 28.3. The Bertz CT molecular complexity index is 1550. The number of carbonyl (C=O) groups is 2. The number of amides is 1. The van der Waals surface area contributed by atoms with Crippen LogP contribution in [0, 0.1) is 0 Å². The highest BCUT2D eigenvalue weighted by Crippen LogP contribution is 2.20. The molecule has 93 heavy (non-hydrogen) atoms. The van der Waals surface area contributed by atoms with Crippen molar-refractivity contribution < 1.29 is 24.5 Å². The summed E-state index contributed by atoms with van der Waals surface area (Å²) in [5.41, 5.74) is 0. The van der Waals surface area contributed by atoms with Crippen LogP contribution >= 0.6 is 0 Å². The van der Waals surface area contributed by atoms with Gasteiger partial charge in [0.1, 0.15) is 0 Å². The monoisotopic (exact) mass is 1300 g/mol. The first kappa shape index (κ1) is 90.8. The minimum Gasteiger partial charge on any atom is -0.466 e. The number of ether oxygens (including phenoxy) is 1. The van der Waals surface area contributed by atoms with E-state index in [-0.39, 0.29) is 18.5 Å². The summed E-state index contributed by atoms with van der Waals surface area (Å²) in [4.78, 5) is 24.6. The molecule has 0 aliphatic carbocycles. The number of unbranched alkanes of at least 4 members (excludes halogenated alkanes) is 63. The summed E-state index contributed by atoms with van der Waals surface area (Å²) in [5.74, 6) is -0.0485. The van der Waals surface area contributed by atoms with E-state index in [9.17, 15) is 19.8 Å². The standard InChI is InChI=1S/C87H165NO5/c1-3-5-7-9-11-13-15-17-18-19-20-21-22-40-43-46-49-52-56-59-63-67-71-75-79-85(90)84(83-89)88-86(91)80-76-72-68-64-60-57-53-50-47-44-41-38-36-34-32-30-28-26-24-23-25-27-29-31-33-35-37-39-42-45-48-51-54-58-62-66-70-74-78-82-93-87(92)81-77-73-69-65-61-55-16-14-12-10-8-6-4-2/h14,16,23-24,27,29,75,79,84-85,89-90H,3-13,15,17-22,25-26,28,30-74,76-78,80-83H2,1-2H3,(H,88,91)/b16-14-,24-23-,29-27-,79-75+. The molecule has 0 bridgehead atoms. The van der Waals surface area contributed by atoms with Crippen LogP contribution in [-0.4, -0.2) is 47.4 Å². The van der Waals surface area contributed by atoms with E-state index in [0.717, 1.165) is 51.4 Å². The van der Waals surface area contributed by atoms with Crippen LogP contribution < -0.4 is 5.32 Å². The van der Waals surface area contributed by atoms with Crippen LogP contribution in [0.15, 0.2) is 48.6 Å². The Labute approximate surface area is 582 Å². The third-order valence-corrected chi connectivity index (χ3v) is 19.8. The van der Waals surface area contributed by atoms with E-state index in [1.54, 1.807) is 6.08 Å². The van der Waals surface area contributed by atoms with Crippen LogP contribution in [0.4, 0.5) is 0 Å². The molecule has 6 nitrogen and oxygen atoms in total. The molecule has 3 N–H and O–H groups in total. The molecule has 2 unspecified atom stereocenters. The first-order chi connectivity index (χ1) is 46.0. The summed E-state index contributed by atoms with van der Waals surface area (Å²) in [5, 5.41) is 23.3. The van der Waals surface area contributed by atoms with E-state index in [0.29, 0.717) is 19.4 Å². The Hall–Kier alpha value is -2.18. The van der Waals surface area contributed by atoms with E-state index in [4.69, 9.17) is 4.74 Å². The first-order valence-corrected chi connectivity index (χ1v) is 42.4. The zero-order valence-electron chi connectivity index (χ0n) is 63.0. The average Bonchev–Trinajstić information content (AvgIpc) is 3.78. The molecule has 0 rings (SSSR count). The Morgan fingerprint density at radius 2 is 0.538 bits per heavy atom. The minimum atomic E-state index is -0.844. The normalized spacial score (nSPS) is 12.7. The Morgan fingerprint density at radius 1 is 0.301 bits per heavy atom. The van der Waals surface area contributed by atoms with Crippen molar-refractivity contribution >= 4 is 11.9 Å². The summed E-state index contributed by atoms with van der Waals surface area (Å²) < 4.78 is 5.49. The topological polar surface area (TPSA) is 95.9 Å². The molecule has 0 saturated heterocycles. The second kappa shape index (κ2) is 82.2. The lowest BCUT2D eigenvalue weighted by Gasteiger charge is -2.20. The number of rotatable bonds is 80. The van der Waals surface area contributed by atoms with Gasteiger partial charge in [0.2, 0.25) is 5.91 Å². The van der Waals surface area contributed by atoms with Gasteiger partial charge in [-0.3, -0.25) is 9.59 Å². The summed E-state index contributed by atoms with van der Waals surface area (Å²) in [6, 6.07) is -0.628. The number of nitrogens with one attached hydrogen (secondary N) is 1. The predicted molar refractivity (Wildman–Crippen MR) is 412 cm³/mol. The van der Waals surface area contributed by atoms with Crippen LogP contribution in [0.1, 0.15) is 470 Å². The average molecular weight is 1310 g/mol. The Morgan fingerprint density at radius 3 is 0.839 bits per heavy atom. The molecular weight excluding hydrogens is 1140 g/mol. The molecule has 6 heteroatoms. The van der Waals surface area contributed by atoms with Crippen molar-refractivity contribution in [2.45, 2.75) is 482 Å². The molecule has 0 saturated carbocycles. The molecule has 0 aliphatic rings. The van der Waals surface area contributed by atoms with E-state index in [2.05, 4.69) is 55.6 Å². The molecular formula is C87H165NO5. The summed E-state index contributed by atoms with van der Waals surface area (Å²) >= 11 is 0. The van der Waals surface area contributed by atoms with Crippen LogP contribution in [0.25, 0.3) is 0 Å². The number of allylic oxidation sites excluding steroid dienone is 7. The van der Waals surface area contributed by atoms with Gasteiger partial charge in [0.25, 0.3) is 0 Å². The third-order valence-electron chi connectivity index (χ3n) is 19.8. The number of hydrogen-bond acceptors (Lipinski definition) is 5. The second-order valence-electron chi connectivity index (χ2n) is 29.2. The van der Waals surface area contributed by atoms with Crippen LogP contribution in [-0.2, 0) is 14.3 Å². The lowest BCUT2D eigenvalue weighted by Crippen LogP contribution is -2.45. The summed E-state index contributed by atoms with van der Waals surface area (Å²) in [6.07, 6.45) is 110. The molecule has 0 spiro atoms. The van der Waals surface area contributed by atoms with Crippen molar-refractivity contribution in [3.05, 3.63) is 48.6 Å². The highest BCUT2D eigenvalue weighted by Gasteiger charge is 2.18. The maximum Gasteiger partial charge on any atom is 0.305 e. The third kappa shape index (κ3) is 78.7. The molecule has 0 heterocycles. The number of aliphatic hydroxyl groups is 2. The molecule has 0 radical (unpaired) electrons. The van der Waals surface area contributed by atoms with Crippen molar-refractivity contribution in [2.75, 3.05) is 13.2 Å². The zero-order valence-corrected chi connectivity index (χ0v) is 63.0. The van der Waals surface area contributed by atoms with Crippen LogP contribution in [0.5, 0.6) is 0 Å². The highest BCUT2D eigenvalue weighted by atomic mass is 16.5. The fourth-order valence-electron chi connectivity index (χ4n) is 13.4. The summed E-state index contributed by atoms with van der Waals surface area (Å²) in [7, 11) is 0. The van der Waals surface area contributed by atoms with Gasteiger partial charge < -0.3 is 20.3 Å². The molecule has 0 aromatic rings. The van der Waals surface area contributed by atoms with E-state index >= 15 is 0 Å². The van der Waals surface area contributed by atoms with E-state index in [1.807, 2.05) is 6.08 Å². The fourth-order valence-corrected chi connectivity index (χ4v) is 13.4. The number of hydrogen-bond donors (Lipinski definition) is 3. The van der Waals surface area contributed by atoms with Crippen molar-refractivity contribution in [1.29, 1.82) is 0 Å². The van der Waals surface area contributed by atoms with Crippen LogP contribution in [0.2, 0.25) is 0 Å². The van der Waals surface area contributed by atoms with Crippen molar-refractivity contribution in [3.63, 3.8) is 0 Å². The van der Waals surface area contributed by atoms with Gasteiger partial charge in [-0.05, 0) is 89.9 Å². The fraction of sp³-hybridized carbons (Fsp3) is 0.885. The van der Waals surface area contributed by atoms with Gasteiger partial charge in [0.05, 0.1) is 25.4 Å². The largest absolute Gasteiger partial charge is 0.466 e. The molecule has 1 amide bonds. The molecule has 0 aliphatic heterocycles. The lowest BCUT2D eigenvalue weighted by atomic mass is 10.0. The quantitative estimate of drug-likeness (QED) is 0.0320. The van der Waals surface area contributed by atoms with E-state index in [1.165, 1.54) is 392 Å². The van der Waals surface area contributed by atoms with Crippen molar-refractivity contribution in [1.82, 2.24) is 5.32 Å². The number of aliphatic hydroxyl groups excluding tert-OH is 2. The van der Waals surface area contributed by atoms with Crippen LogP contribution in [0.3, 0.4) is 0 Å².